The van der Waals surface area contributed by atoms with Crippen molar-refractivity contribution in [3.63, 3.8) is 0 Å². The van der Waals surface area contributed by atoms with Crippen molar-refractivity contribution < 1.29 is 19.7 Å². The smallest absolute Gasteiger partial charge is 0.255 e. The van der Waals surface area contributed by atoms with Gasteiger partial charge in [0.15, 0.2) is 17.3 Å². The number of aromatic nitrogens is 5. The Bertz CT molecular complexity index is 1480. The van der Waals surface area contributed by atoms with Gasteiger partial charge in [-0.2, -0.15) is 4.98 Å². The number of hydrogen-bond acceptors (Lipinski definition) is 9. The van der Waals surface area contributed by atoms with E-state index in [4.69, 9.17) is 9.72 Å². The van der Waals surface area contributed by atoms with Gasteiger partial charge >= 0.3 is 0 Å². The number of benzene rings is 1. The Morgan fingerprint density at radius 2 is 2.13 bits per heavy atom. The molecule has 1 unspecified atom stereocenters. The Morgan fingerprint density at radius 3 is 2.92 bits per heavy atom. The van der Waals surface area contributed by atoms with Crippen LogP contribution < -0.4 is 20.3 Å². The molecule has 38 heavy (non-hydrogen) atoms. The molecule has 0 radical (unpaired) electrons. The molecular weight excluding hydrogens is 488 g/mol. The summed E-state index contributed by atoms with van der Waals surface area (Å²) < 4.78 is 8.77. The number of nitrogens with zero attached hydrogens (tertiary/aromatic N) is 6. The first kappa shape index (κ1) is 24.0. The second-order valence-electron chi connectivity index (χ2n) is 9.76. The molecule has 0 bridgehead atoms. The molecule has 12 heteroatoms. The van der Waals surface area contributed by atoms with Gasteiger partial charge in [-0.05, 0) is 49.8 Å². The summed E-state index contributed by atoms with van der Waals surface area (Å²) in [4.78, 5) is 24.1. The highest BCUT2D eigenvalue weighted by Crippen LogP contribution is 2.34. The summed E-state index contributed by atoms with van der Waals surface area (Å²) in [5.41, 5.74) is 1.59. The van der Waals surface area contributed by atoms with E-state index in [2.05, 4.69) is 20.7 Å². The predicted octanol–water partition coefficient (Wildman–Crippen LogP) is 2.47. The van der Waals surface area contributed by atoms with Gasteiger partial charge < -0.3 is 35.1 Å². The number of rotatable bonds is 9. The quantitative estimate of drug-likeness (QED) is 0.263. The van der Waals surface area contributed by atoms with E-state index in [-0.39, 0.29) is 35.6 Å². The van der Waals surface area contributed by atoms with E-state index < -0.39 is 0 Å². The van der Waals surface area contributed by atoms with Gasteiger partial charge in [0, 0.05) is 25.4 Å². The van der Waals surface area contributed by atoms with Gasteiger partial charge in [-0.3, -0.25) is 4.79 Å². The number of aliphatic hydroxyl groups is 1. The van der Waals surface area contributed by atoms with E-state index in [0.717, 1.165) is 37.7 Å². The SMILES string of the molecule is COc1c(O)cc(-n2cnc(Nc3nc(N4CCCC4CO)nn4cccc34)c2)cc1C(=O)NCC1CC1. The average Bonchev–Trinajstić information content (AvgIpc) is 3.28. The number of imidazole rings is 1. The average molecular weight is 519 g/mol. The third-order valence-electron chi connectivity index (χ3n) is 7.10. The van der Waals surface area contributed by atoms with Gasteiger partial charge in [0.2, 0.25) is 5.95 Å². The summed E-state index contributed by atoms with van der Waals surface area (Å²) in [6, 6.07) is 6.99. The number of phenols is 1. The molecule has 2 aliphatic rings. The topological polar surface area (TPSA) is 142 Å². The molecule has 4 aromatic rings. The molecule has 1 aliphatic heterocycles. The molecule has 198 valence electrons. The van der Waals surface area contributed by atoms with Crippen LogP contribution in [0.5, 0.6) is 11.5 Å². The minimum absolute atomic E-state index is 0.00603. The molecule has 1 aromatic carbocycles. The fourth-order valence-electron chi connectivity index (χ4n) is 4.86. The molecule has 3 aromatic heterocycles. The number of phenolic OH excluding ortho intramolecular Hbond substituents is 1. The monoisotopic (exact) mass is 518 g/mol. The summed E-state index contributed by atoms with van der Waals surface area (Å²) in [6.07, 6.45) is 9.31. The number of ether oxygens (including phenoxy) is 1. The molecule has 2 fully saturated rings. The van der Waals surface area contributed by atoms with Crippen molar-refractivity contribution in [3.8, 4) is 17.2 Å². The van der Waals surface area contributed by atoms with Gasteiger partial charge in [-0.1, -0.05) is 0 Å². The highest BCUT2D eigenvalue weighted by atomic mass is 16.5. The van der Waals surface area contributed by atoms with Crippen LogP contribution in [-0.4, -0.2) is 73.1 Å². The lowest BCUT2D eigenvalue weighted by Crippen LogP contribution is -2.34. The zero-order chi connectivity index (χ0) is 26.2. The predicted molar refractivity (Wildman–Crippen MR) is 141 cm³/mol. The van der Waals surface area contributed by atoms with Crippen LogP contribution in [0.4, 0.5) is 17.6 Å². The number of anilines is 3. The van der Waals surface area contributed by atoms with Crippen molar-refractivity contribution in [2.24, 2.45) is 5.92 Å². The first-order valence-corrected chi connectivity index (χ1v) is 12.8. The summed E-state index contributed by atoms with van der Waals surface area (Å²) in [5, 5.41) is 31.2. The van der Waals surface area contributed by atoms with E-state index in [1.165, 1.54) is 13.2 Å². The minimum atomic E-state index is -0.295. The molecular formula is C26H30N8O4. The molecule has 6 rings (SSSR count). The third-order valence-corrected chi connectivity index (χ3v) is 7.10. The van der Waals surface area contributed by atoms with E-state index in [9.17, 15) is 15.0 Å². The number of carbonyl (C=O) groups excluding carboxylic acids is 1. The standard InChI is InChI=1S/C26H30N8O4/c1-38-23-19(25(37)27-12-16-6-7-16)10-18(11-21(23)36)32-13-22(28-15-32)29-24-20-5-3-9-34(20)31-26(30-24)33-8-2-4-17(33)14-35/h3,5,9-11,13,15-17,35-36H,2,4,6-8,12,14H2,1H3,(H,27,37)(H,29,30,31). The largest absolute Gasteiger partial charge is 0.504 e. The molecule has 1 saturated carbocycles. The number of amides is 1. The number of fused-ring (bicyclic) bond motifs is 1. The van der Waals surface area contributed by atoms with Crippen LogP contribution >= 0.6 is 0 Å². The van der Waals surface area contributed by atoms with Crippen molar-refractivity contribution in [1.82, 2.24) is 29.5 Å². The summed E-state index contributed by atoms with van der Waals surface area (Å²) in [7, 11) is 1.43. The van der Waals surface area contributed by atoms with Gasteiger partial charge in [0.1, 0.15) is 17.7 Å². The molecule has 1 atom stereocenters. The maximum Gasteiger partial charge on any atom is 0.255 e. The van der Waals surface area contributed by atoms with Crippen LogP contribution in [0.25, 0.3) is 11.2 Å². The fourth-order valence-corrected chi connectivity index (χ4v) is 4.86. The lowest BCUT2D eigenvalue weighted by molar-refractivity contribution is 0.0948. The second-order valence-corrected chi connectivity index (χ2v) is 9.76. The third kappa shape index (κ3) is 4.58. The molecule has 1 saturated heterocycles. The number of nitrogens with one attached hydrogen (secondary N) is 2. The highest BCUT2D eigenvalue weighted by molar-refractivity contribution is 5.98. The van der Waals surface area contributed by atoms with Gasteiger partial charge in [-0.25, -0.2) is 9.50 Å². The Kier molecular flexibility index (Phi) is 6.24. The van der Waals surface area contributed by atoms with E-state index in [1.807, 2.05) is 23.2 Å². The van der Waals surface area contributed by atoms with E-state index >= 15 is 0 Å². The summed E-state index contributed by atoms with van der Waals surface area (Å²) in [6.45, 7) is 1.44. The lowest BCUT2D eigenvalue weighted by Gasteiger charge is -2.23. The lowest BCUT2D eigenvalue weighted by atomic mass is 10.1. The summed E-state index contributed by atoms with van der Waals surface area (Å²) in [5.74, 6) is 1.86. The Morgan fingerprint density at radius 1 is 1.26 bits per heavy atom. The Balaban J connectivity index is 1.28. The minimum Gasteiger partial charge on any atom is -0.504 e. The van der Waals surface area contributed by atoms with Crippen molar-refractivity contribution in [3.05, 3.63) is 48.5 Å². The van der Waals surface area contributed by atoms with Crippen LogP contribution in [0.2, 0.25) is 0 Å². The second kappa shape index (κ2) is 9.86. The van der Waals surface area contributed by atoms with Crippen LogP contribution in [0.15, 0.2) is 43.0 Å². The van der Waals surface area contributed by atoms with Crippen molar-refractivity contribution in [1.29, 1.82) is 0 Å². The number of aliphatic hydroxyl groups excluding tert-OH is 1. The van der Waals surface area contributed by atoms with Crippen LogP contribution in [0, 0.1) is 5.92 Å². The van der Waals surface area contributed by atoms with Gasteiger partial charge in [-0.15, -0.1) is 5.10 Å². The van der Waals surface area contributed by atoms with Crippen molar-refractivity contribution >= 4 is 29.0 Å². The highest BCUT2D eigenvalue weighted by Gasteiger charge is 2.27. The summed E-state index contributed by atoms with van der Waals surface area (Å²) >= 11 is 0. The molecule has 4 N–H and O–H groups in total. The van der Waals surface area contributed by atoms with Crippen molar-refractivity contribution in [2.45, 2.75) is 31.7 Å². The molecule has 4 heterocycles. The number of carbonyl (C=O) groups is 1. The van der Waals surface area contributed by atoms with E-state index in [0.29, 0.717) is 35.7 Å². The van der Waals surface area contributed by atoms with Gasteiger partial charge in [0.05, 0.1) is 37.2 Å². The fraction of sp³-hybridized carbons (Fsp3) is 0.385. The zero-order valence-corrected chi connectivity index (χ0v) is 21.0. The molecule has 1 aliphatic carbocycles. The number of hydrogen-bond donors (Lipinski definition) is 4. The Hall–Kier alpha value is -4.32. The van der Waals surface area contributed by atoms with Crippen LogP contribution in [0.1, 0.15) is 36.0 Å². The first-order chi connectivity index (χ1) is 18.5. The van der Waals surface area contributed by atoms with Crippen LogP contribution in [-0.2, 0) is 0 Å². The normalized spacial score (nSPS) is 17.2. The van der Waals surface area contributed by atoms with E-state index in [1.54, 1.807) is 27.7 Å². The van der Waals surface area contributed by atoms with Crippen LogP contribution in [0.3, 0.4) is 0 Å². The van der Waals surface area contributed by atoms with Crippen molar-refractivity contribution in [2.75, 3.05) is 37.0 Å². The Labute approximate surface area is 218 Å². The maximum atomic E-state index is 12.8. The maximum absolute atomic E-state index is 12.8. The van der Waals surface area contributed by atoms with Gasteiger partial charge in [0.25, 0.3) is 5.91 Å². The molecule has 0 spiro atoms. The number of aromatic hydroxyl groups is 1. The molecule has 12 nitrogen and oxygen atoms in total. The molecule has 1 amide bonds. The zero-order valence-electron chi connectivity index (χ0n) is 21.0. The number of methoxy groups -OCH3 is 1. The first-order valence-electron chi connectivity index (χ1n) is 12.8.